The summed E-state index contributed by atoms with van der Waals surface area (Å²) in [4.78, 5) is 12.1. The molecule has 3 N–H and O–H groups in total. The minimum Gasteiger partial charge on any atom is -0.465 e. The van der Waals surface area contributed by atoms with Gasteiger partial charge in [-0.2, -0.15) is 0 Å². The highest BCUT2D eigenvalue weighted by Crippen LogP contribution is 2.68. The quantitative estimate of drug-likeness (QED) is 0.556. The van der Waals surface area contributed by atoms with Crippen LogP contribution in [0.25, 0.3) is 0 Å². The number of esters is 1. The van der Waals surface area contributed by atoms with Crippen LogP contribution in [0.5, 0.6) is 0 Å². The first-order valence-electron chi connectivity index (χ1n) is 14.0. The van der Waals surface area contributed by atoms with E-state index in [1.165, 1.54) is 57.8 Å². The van der Waals surface area contributed by atoms with Crippen LogP contribution >= 0.6 is 0 Å². The van der Waals surface area contributed by atoms with Crippen molar-refractivity contribution in [3.63, 3.8) is 0 Å². The Bertz CT molecular complexity index is 697. The van der Waals surface area contributed by atoms with E-state index < -0.39 is 0 Å². The first kappa shape index (κ1) is 23.1. The smallest absolute Gasteiger partial charge is 0.309 e. The van der Waals surface area contributed by atoms with Gasteiger partial charge in [0.15, 0.2) is 0 Å². The molecule has 4 aliphatic carbocycles. The van der Waals surface area contributed by atoms with Crippen molar-refractivity contribution in [2.45, 2.75) is 97.4 Å². The summed E-state index contributed by atoms with van der Waals surface area (Å²) >= 11 is 0. The van der Waals surface area contributed by atoms with Gasteiger partial charge in [0.2, 0.25) is 0 Å². The summed E-state index contributed by atoms with van der Waals surface area (Å²) in [7, 11) is 0. The third-order valence-corrected chi connectivity index (χ3v) is 11.7. The minimum absolute atomic E-state index is 0.0723. The molecule has 4 heteroatoms. The molecule has 0 aromatic rings. The highest BCUT2D eigenvalue weighted by atomic mass is 16.5. The van der Waals surface area contributed by atoms with Crippen molar-refractivity contribution in [3.05, 3.63) is 0 Å². The molecule has 4 nitrogen and oxygen atoms in total. The van der Waals surface area contributed by atoms with Gasteiger partial charge in [-0.15, -0.1) is 0 Å². The zero-order valence-electron chi connectivity index (χ0n) is 20.9. The number of ether oxygens (including phenoxy) is 1. The maximum absolute atomic E-state index is 12.1. The molecule has 0 spiro atoms. The second-order valence-corrected chi connectivity index (χ2v) is 13.0. The monoisotopic (exact) mass is 444 g/mol. The SMILES string of the molecule is C[C@@H](CC1CCOC1=O)[C@H]1CCC2C3CCC4C[C@@H](NCCN)CC[C@]4(C)C3CC[C@@]21C. The topological polar surface area (TPSA) is 64.3 Å². The Hall–Kier alpha value is -0.610. The fourth-order valence-corrected chi connectivity index (χ4v) is 10.1. The zero-order chi connectivity index (χ0) is 22.5. The van der Waals surface area contributed by atoms with E-state index in [4.69, 9.17) is 10.5 Å². The van der Waals surface area contributed by atoms with Gasteiger partial charge >= 0.3 is 5.97 Å². The number of hydrogen-bond donors (Lipinski definition) is 2. The maximum Gasteiger partial charge on any atom is 0.309 e. The molecule has 182 valence electrons. The van der Waals surface area contributed by atoms with E-state index in [0.29, 0.717) is 29.4 Å². The molecule has 5 aliphatic rings. The lowest BCUT2D eigenvalue weighted by Crippen LogP contribution is -2.55. The van der Waals surface area contributed by atoms with Crippen LogP contribution in [-0.4, -0.2) is 31.7 Å². The molecule has 32 heavy (non-hydrogen) atoms. The highest BCUT2D eigenvalue weighted by molar-refractivity contribution is 5.74. The molecule has 4 saturated carbocycles. The van der Waals surface area contributed by atoms with E-state index in [1.807, 2.05) is 0 Å². The number of rotatable bonds is 6. The van der Waals surface area contributed by atoms with Gasteiger partial charge in [-0.05, 0) is 117 Å². The normalized spacial score (nSPS) is 49.1. The van der Waals surface area contributed by atoms with Crippen molar-refractivity contribution >= 4 is 5.97 Å². The maximum atomic E-state index is 12.1. The molecule has 1 heterocycles. The van der Waals surface area contributed by atoms with Crippen LogP contribution in [-0.2, 0) is 9.53 Å². The molecule has 0 radical (unpaired) electrons. The van der Waals surface area contributed by atoms with E-state index in [2.05, 4.69) is 26.1 Å². The predicted molar refractivity (Wildman–Crippen MR) is 129 cm³/mol. The second-order valence-electron chi connectivity index (χ2n) is 13.0. The van der Waals surface area contributed by atoms with Crippen molar-refractivity contribution in [1.82, 2.24) is 5.32 Å². The molecule has 0 amide bonds. The highest BCUT2D eigenvalue weighted by Gasteiger charge is 2.60. The van der Waals surface area contributed by atoms with Crippen LogP contribution in [0.3, 0.4) is 0 Å². The molecule has 1 aliphatic heterocycles. The molecule has 0 bridgehead atoms. The first-order chi connectivity index (χ1) is 15.4. The fraction of sp³-hybridized carbons (Fsp3) is 0.964. The molecule has 10 atom stereocenters. The Morgan fingerprint density at radius 1 is 1.03 bits per heavy atom. The first-order valence-corrected chi connectivity index (χ1v) is 14.0. The van der Waals surface area contributed by atoms with E-state index in [0.717, 1.165) is 55.5 Å². The Morgan fingerprint density at radius 2 is 1.81 bits per heavy atom. The van der Waals surface area contributed by atoms with Gasteiger partial charge in [0.1, 0.15) is 0 Å². The minimum atomic E-state index is 0.0723. The van der Waals surface area contributed by atoms with Crippen molar-refractivity contribution < 1.29 is 9.53 Å². The van der Waals surface area contributed by atoms with Gasteiger partial charge in [0.05, 0.1) is 12.5 Å². The van der Waals surface area contributed by atoms with Gasteiger partial charge in [0.25, 0.3) is 0 Å². The van der Waals surface area contributed by atoms with Crippen LogP contribution in [0.4, 0.5) is 0 Å². The third kappa shape index (κ3) is 3.76. The lowest BCUT2D eigenvalue weighted by molar-refractivity contribution is -0.142. The second kappa shape index (κ2) is 8.87. The summed E-state index contributed by atoms with van der Waals surface area (Å²) in [6.45, 7) is 10.1. The van der Waals surface area contributed by atoms with Crippen molar-refractivity contribution in [3.8, 4) is 0 Å². The Kier molecular flexibility index (Phi) is 6.42. The van der Waals surface area contributed by atoms with Gasteiger partial charge in [-0.3, -0.25) is 4.79 Å². The Balaban J connectivity index is 1.27. The summed E-state index contributed by atoms with van der Waals surface area (Å²) in [6.07, 6.45) is 14.7. The van der Waals surface area contributed by atoms with Crippen molar-refractivity contribution in [2.75, 3.05) is 19.7 Å². The van der Waals surface area contributed by atoms with Crippen LogP contribution < -0.4 is 11.1 Å². The van der Waals surface area contributed by atoms with Crippen molar-refractivity contribution in [2.24, 2.45) is 58.0 Å². The molecule has 0 aromatic heterocycles. The number of nitrogens with two attached hydrogens (primary N) is 1. The van der Waals surface area contributed by atoms with E-state index in [1.54, 1.807) is 0 Å². The lowest BCUT2D eigenvalue weighted by Gasteiger charge is -2.61. The van der Waals surface area contributed by atoms with Crippen molar-refractivity contribution in [1.29, 1.82) is 0 Å². The molecule has 5 rings (SSSR count). The van der Waals surface area contributed by atoms with E-state index in [9.17, 15) is 4.79 Å². The van der Waals surface area contributed by atoms with Crippen LogP contribution in [0.2, 0.25) is 0 Å². The number of fused-ring (bicyclic) bond motifs is 5. The summed E-state index contributed by atoms with van der Waals surface area (Å²) in [5.41, 5.74) is 6.80. The molecule has 1 saturated heterocycles. The number of nitrogens with one attached hydrogen (secondary N) is 1. The Morgan fingerprint density at radius 3 is 2.56 bits per heavy atom. The number of carbonyl (C=O) groups excluding carboxylic acids is 1. The lowest BCUT2D eigenvalue weighted by atomic mass is 9.44. The fourth-order valence-electron chi connectivity index (χ4n) is 10.1. The average molecular weight is 445 g/mol. The molecular weight excluding hydrogens is 396 g/mol. The van der Waals surface area contributed by atoms with Crippen LogP contribution in [0.1, 0.15) is 91.4 Å². The largest absolute Gasteiger partial charge is 0.465 e. The molecule has 0 aromatic carbocycles. The number of hydrogen-bond acceptors (Lipinski definition) is 4. The average Bonchev–Trinajstić information content (AvgIpc) is 3.34. The third-order valence-electron chi connectivity index (χ3n) is 11.7. The number of carbonyl (C=O) groups is 1. The summed E-state index contributed by atoms with van der Waals surface area (Å²) in [5, 5.41) is 3.73. The van der Waals surface area contributed by atoms with Crippen LogP contribution in [0.15, 0.2) is 0 Å². The predicted octanol–water partition coefficient (Wildman–Crippen LogP) is 5.15. The molecule has 5 fully saturated rings. The van der Waals surface area contributed by atoms with Gasteiger partial charge < -0.3 is 15.8 Å². The summed E-state index contributed by atoms with van der Waals surface area (Å²) in [6, 6.07) is 0.695. The summed E-state index contributed by atoms with van der Waals surface area (Å²) in [5.74, 6) is 5.38. The van der Waals surface area contributed by atoms with Crippen LogP contribution in [0, 0.1) is 52.3 Å². The number of cyclic esters (lactones) is 1. The molecule has 5 unspecified atom stereocenters. The standard InChI is InChI=1S/C28H48N2O2/c1-18(16-19-10-15-32-26(19)31)23-6-7-24-22-5-4-20-17-21(30-14-13-29)8-11-27(20,2)25(22)9-12-28(23,24)3/h18-25,30H,4-17,29H2,1-3H3/t18-,19?,20?,21-,22?,23+,24?,25?,27-,28+/m0/s1. The van der Waals surface area contributed by atoms with Gasteiger partial charge in [-0.1, -0.05) is 20.8 Å². The van der Waals surface area contributed by atoms with E-state index >= 15 is 0 Å². The Labute approximate surface area is 196 Å². The van der Waals surface area contributed by atoms with Gasteiger partial charge in [-0.25, -0.2) is 0 Å². The zero-order valence-corrected chi connectivity index (χ0v) is 20.9. The van der Waals surface area contributed by atoms with E-state index in [-0.39, 0.29) is 11.9 Å². The van der Waals surface area contributed by atoms with Gasteiger partial charge in [0, 0.05) is 19.1 Å². The molecular formula is C28H48N2O2. The summed E-state index contributed by atoms with van der Waals surface area (Å²) < 4.78 is 5.27.